The highest BCUT2D eigenvalue weighted by molar-refractivity contribution is 7.99. The second-order valence-corrected chi connectivity index (χ2v) is 6.59. The minimum absolute atomic E-state index is 0.0410. The number of aromatic amines is 1. The number of fused-ring (bicyclic) bond motifs is 1. The molecule has 114 valence electrons. The van der Waals surface area contributed by atoms with E-state index in [1.54, 1.807) is 0 Å². The molecule has 0 aliphatic rings. The Bertz CT molecular complexity index is 680. The lowest BCUT2D eigenvalue weighted by Gasteiger charge is -2.03. The van der Waals surface area contributed by atoms with Crippen LogP contribution in [0.3, 0.4) is 0 Å². The third kappa shape index (κ3) is 4.29. The maximum absolute atomic E-state index is 12.0. The van der Waals surface area contributed by atoms with E-state index in [1.165, 1.54) is 23.1 Å². The Morgan fingerprint density at radius 2 is 2.38 bits per heavy atom. The maximum atomic E-state index is 12.0. The highest BCUT2D eigenvalue weighted by Crippen LogP contribution is 2.23. The number of hydrogen-bond donors (Lipinski definition) is 3. The molecule has 2 rings (SSSR count). The smallest absolute Gasteiger partial charge is 0.260 e. The summed E-state index contributed by atoms with van der Waals surface area (Å²) in [6.07, 6.45) is 1.27. The molecule has 0 radical (unpaired) electrons. The summed E-state index contributed by atoms with van der Waals surface area (Å²) in [7, 11) is 0. The number of carbonyl (C=O) groups excluding carboxylic acids is 1. The molecule has 0 aliphatic carbocycles. The van der Waals surface area contributed by atoms with Crippen LogP contribution >= 0.6 is 23.1 Å². The number of thioether (sulfide) groups is 1. The number of carbonyl (C=O) groups is 1. The molecule has 21 heavy (non-hydrogen) atoms. The van der Waals surface area contributed by atoms with E-state index in [4.69, 9.17) is 5.73 Å². The Morgan fingerprint density at radius 3 is 3.10 bits per heavy atom. The molecule has 1 amide bonds. The van der Waals surface area contributed by atoms with Crippen LogP contribution in [0.2, 0.25) is 0 Å². The number of rotatable bonds is 7. The predicted octanol–water partition coefficient (Wildman–Crippen LogP) is 1.10. The van der Waals surface area contributed by atoms with E-state index in [0.717, 1.165) is 16.1 Å². The van der Waals surface area contributed by atoms with E-state index < -0.39 is 0 Å². The van der Waals surface area contributed by atoms with E-state index in [9.17, 15) is 9.59 Å². The van der Waals surface area contributed by atoms with Gasteiger partial charge >= 0.3 is 0 Å². The van der Waals surface area contributed by atoms with Gasteiger partial charge in [0.15, 0.2) is 5.16 Å². The van der Waals surface area contributed by atoms with Crippen LogP contribution in [-0.2, 0) is 11.2 Å². The van der Waals surface area contributed by atoms with Crippen LogP contribution in [0.25, 0.3) is 10.2 Å². The second kappa shape index (κ2) is 7.58. The largest absolute Gasteiger partial charge is 0.355 e. The number of aromatic nitrogens is 2. The van der Waals surface area contributed by atoms with Crippen molar-refractivity contribution in [3.8, 4) is 0 Å². The van der Waals surface area contributed by atoms with Gasteiger partial charge in [-0.15, -0.1) is 11.3 Å². The normalized spacial score (nSPS) is 11.0. The van der Waals surface area contributed by atoms with Gasteiger partial charge in [0.1, 0.15) is 4.83 Å². The molecule has 2 aromatic rings. The Morgan fingerprint density at radius 1 is 1.57 bits per heavy atom. The van der Waals surface area contributed by atoms with Gasteiger partial charge in [-0.2, -0.15) is 0 Å². The van der Waals surface area contributed by atoms with Crippen molar-refractivity contribution in [2.75, 3.05) is 18.8 Å². The van der Waals surface area contributed by atoms with Crippen molar-refractivity contribution in [1.82, 2.24) is 15.3 Å². The van der Waals surface area contributed by atoms with Gasteiger partial charge in [-0.25, -0.2) is 4.98 Å². The minimum atomic E-state index is -0.119. The van der Waals surface area contributed by atoms with Crippen LogP contribution < -0.4 is 16.6 Å². The zero-order valence-corrected chi connectivity index (χ0v) is 13.4. The van der Waals surface area contributed by atoms with Crippen molar-refractivity contribution in [3.05, 3.63) is 21.3 Å². The van der Waals surface area contributed by atoms with Crippen LogP contribution in [0.1, 0.15) is 18.2 Å². The molecule has 0 spiro atoms. The van der Waals surface area contributed by atoms with Gasteiger partial charge in [0, 0.05) is 30.1 Å². The lowest BCUT2D eigenvalue weighted by molar-refractivity contribution is -0.120. The molecule has 0 fully saturated rings. The number of hydrogen-bond acceptors (Lipinski definition) is 6. The third-order valence-electron chi connectivity index (χ3n) is 2.81. The fourth-order valence-electron chi connectivity index (χ4n) is 1.74. The highest BCUT2D eigenvalue weighted by atomic mass is 32.2. The third-order valence-corrected chi connectivity index (χ3v) is 4.86. The van der Waals surface area contributed by atoms with Crippen LogP contribution in [-0.4, -0.2) is 34.7 Å². The molecule has 0 saturated carbocycles. The predicted molar refractivity (Wildman–Crippen MR) is 87.0 cm³/mol. The summed E-state index contributed by atoms with van der Waals surface area (Å²) in [4.78, 5) is 32.5. The topological polar surface area (TPSA) is 101 Å². The average molecular weight is 326 g/mol. The highest BCUT2D eigenvalue weighted by Gasteiger charge is 2.09. The van der Waals surface area contributed by atoms with E-state index in [1.807, 2.05) is 6.07 Å². The number of H-pyrrole nitrogens is 1. The fourth-order valence-corrected chi connectivity index (χ4v) is 3.57. The first-order chi connectivity index (χ1) is 10.1. The van der Waals surface area contributed by atoms with Crippen molar-refractivity contribution in [2.45, 2.75) is 24.9 Å². The molecule has 0 saturated heterocycles. The summed E-state index contributed by atoms with van der Waals surface area (Å²) >= 11 is 2.91. The monoisotopic (exact) mass is 326 g/mol. The molecular weight excluding hydrogens is 308 g/mol. The molecule has 0 aromatic carbocycles. The molecule has 0 unspecified atom stereocenters. The second-order valence-electron chi connectivity index (χ2n) is 4.39. The number of aryl methyl sites for hydroxylation is 1. The summed E-state index contributed by atoms with van der Waals surface area (Å²) in [6.45, 7) is 2.97. The first kappa shape index (κ1) is 16.0. The van der Waals surface area contributed by atoms with Crippen molar-refractivity contribution >= 4 is 39.2 Å². The molecule has 2 heterocycles. The number of nitrogens with zero attached hydrogens (tertiary/aromatic N) is 1. The number of nitrogens with two attached hydrogens (primary N) is 1. The molecule has 0 bridgehead atoms. The summed E-state index contributed by atoms with van der Waals surface area (Å²) in [5.41, 5.74) is 5.19. The Kier molecular flexibility index (Phi) is 5.77. The lowest BCUT2D eigenvalue weighted by atomic mass is 10.3. The van der Waals surface area contributed by atoms with Gasteiger partial charge in [0.05, 0.1) is 5.39 Å². The zero-order valence-electron chi connectivity index (χ0n) is 11.8. The Labute approximate surface area is 130 Å². The zero-order chi connectivity index (χ0) is 15.2. The number of nitrogens with one attached hydrogen (secondary N) is 2. The SMILES string of the molecule is CCc1cc2c(=O)[nH]c(SCCC(=O)NCCN)nc2s1. The van der Waals surface area contributed by atoms with Gasteiger partial charge in [-0.3, -0.25) is 9.59 Å². The molecule has 0 atom stereocenters. The standard InChI is InChI=1S/C13H18N4O2S2/c1-2-8-7-9-11(19)16-13(17-12(9)21-8)20-6-3-10(18)15-5-4-14/h7H,2-6,14H2,1H3,(H,15,18)(H,16,17,19). The number of amides is 1. The van der Waals surface area contributed by atoms with Gasteiger partial charge in [-0.05, 0) is 12.5 Å². The average Bonchev–Trinajstić information content (AvgIpc) is 2.89. The van der Waals surface area contributed by atoms with E-state index >= 15 is 0 Å². The van der Waals surface area contributed by atoms with Crippen molar-refractivity contribution in [2.24, 2.45) is 5.73 Å². The van der Waals surface area contributed by atoms with Gasteiger partial charge in [0.2, 0.25) is 5.91 Å². The summed E-state index contributed by atoms with van der Waals surface area (Å²) < 4.78 is 0. The minimum Gasteiger partial charge on any atom is -0.355 e. The maximum Gasteiger partial charge on any atom is 0.260 e. The first-order valence-corrected chi connectivity index (χ1v) is 8.56. The van der Waals surface area contributed by atoms with Gasteiger partial charge < -0.3 is 16.0 Å². The van der Waals surface area contributed by atoms with Crippen LogP contribution in [0.15, 0.2) is 16.0 Å². The van der Waals surface area contributed by atoms with Crippen molar-refractivity contribution in [1.29, 1.82) is 0 Å². The van der Waals surface area contributed by atoms with Crippen molar-refractivity contribution in [3.63, 3.8) is 0 Å². The Balaban J connectivity index is 1.99. The molecule has 6 nitrogen and oxygen atoms in total. The van der Waals surface area contributed by atoms with Crippen molar-refractivity contribution < 1.29 is 4.79 Å². The molecule has 4 N–H and O–H groups in total. The molecule has 0 aliphatic heterocycles. The van der Waals surface area contributed by atoms with Crippen LogP contribution in [0.4, 0.5) is 0 Å². The fraction of sp³-hybridized carbons (Fsp3) is 0.462. The van der Waals surface area contributed by atoms with Gasteiger partial charge in [-0.1, -0.05) is 18.7 Å². The quantitative estimate of drug-likeness (QED) is 0.522. The molecule has 8 heteroatoms. The van der Waals surface area contributed by atoms with E-state index in [-0.39, 0.29) is 11.5 Å². The van der Waals surface area contributed by atoms with Crippen LogP contribution in [0.5, 0.6) is 0 Å². The van der Waals surface area contributed by atoms with E-state index in [0.29, 0.717) is 35.8 Å². The lowest BCUT2D eigenvalue weighted by Crippen LogP contribution is -2.29. The summed E-state index contributed by atoms with van der Waals surface area (Å²) in [5.74, 6) is 0.525. The summed E-state index contributed by atoms with van der Waals surface area (Å²) in [6, 6.07) is 1.89. The van der Waals surface area contributed by atoms with Gasteiger partial charge in [0.25, 0.3) is 5.56 Å². The first-order valence-electron chi connectivity index (χ1n) is 6.76. The molecular formula is C13H18N4O2S2. The number of thiophene rings is 1. The molecule has 2 aromatic heterocycles. The van der Waals surface area contributed by atoms with Crippen LogP contribution in [0, 0.1) is 0 Å². The van der Waals surface area contributed by atoms with E-state index in [2.05, 4.69) is 22.2 Å². The summed E-state index contributed by atoms with van der Waals surface area (Å²) in [5, 5.41) is 3.90. The Hall–Kier alpha value is -1.38.